The van der Waals surface area contributed by atoms with Crippen molar-refractivity contribution in [2.75, 3.05) is 24.6 Å². The van der Waals surface area contributed by atoms with Crippen LogP contribution in [0.3, 0.4) is 0 Å². The first kappa shape index (κ1) is 17.5. The van der Waals surface area contributed by atoms with Gasteiger partial charge in [-0.1, -0.05) is 0 Å². The van der Waals surface area contributed by atoms with Gasteiger partial charge in [0.1, 0.15) is 5.82 Å². The zero-order chi connectivity index (χ0) is 18.0. The van der Waals surface area contributed by atoms with Gasteiger partial charge in [0, 0.05) is 18.5 Å². The highest BCUT2D eigenvalue weighted by Crippen LogP contribution is 2.35. The second kappa shape index (κ2) is 6.90. The Hall–Kier alpha value is -2.31. The maximum atomic E-state index is 12.8. The largest absolute Gasteiger partial charge is 0.462 e. The van der Waals surface area contributed by atoms with Crippen LogP contribution in [0.1, 0.15) is 30.1 Å². The summed E-state index contributed by atoms with van der Waals surface area (Å²) in [7, 11) is 0. The smallest absolute Gasteiger partial charge is 0.391 e. The average molecular weight is 352 g/mol. The number of anilines is 1. The van der Waals surface area contributed by atoms with Crippen LogP contribution in [0, 0.1) is 5.92 Å². The van der Waals surface area contributed by atoms with Crippen LogP contribution < -0.4 is 4.90 Å². The van der Waals surface area contributed by atoms with Gasteiger partial charge in [-0.2, -0.15) is 13.2 Å². The molecule has 4 nitrogen and oxygen atoms in total. The number of alkyl halides is 3. The number of rotatable bonds is 3. The summed E-state index contributed by atoms with van der Waals surface area (Å²) in [5.41, 5.74) is 1.15. The van der Waals surface area contributed by atoms with E-state index in [4.69, 9.17) is 4.74 Å². The summed E-state index contributed by atoms with van der Waals surface area (Å²) in [6, 6.07) is 8.70. The number of carbonyl (C=O) groups is 1. The van der Waals surface area contributed by atoms with Crippen LogP contribution in [-0.2, 0) is 4.74 Å². The molecule has 0 N–H and O–H groups in total. The third-order valence-corrected chi connectivity index (χ3v) is 4.47. The number of hydrogen-bond acceptors (Lipinski definition) is 4. The highest BCUT2D eigenvalue weighted by Gasteiger charge is 2.41. The molecule has 1 fully saturated rings. The second-order valence-electron chi connectivity index (χ2n) is 6.10. The molecule has 1 aromatic carbocycles. The zero-order valence-corrected chi connectivity index (χ0v) is 13.8. The fourth-order valence-electron chi connectivity index (χ4n) is 3.07. The lowest BCUT2D eigenvalue weighted by Crippen LogP contribution is -2.39. The van der Waals surface area contributed by atoms with E-state index in [0.29, 0.717) is 36.6 Å². The van der Waals surface area contributed by atoms with E-state index in [2.05, 4.69) is 4.98 Å². The van der Waals surface area contributed by atoms with Gasteiger partial charge in [-0.05, 0) is 50.1 Å². The standard InChI is InChI=1S/C18H19F3N2O2/c1-2-25-17(24)13-3-5-15-12(11-13)4-6-16(22-15)23-9-7-14(8-10-23)18(19,20)21/h3-6,11,14H,2,7-10H2,1H3. The normalized spacial score (nSPS) is 16.2. The molecular formula is C18H19F3N2O2. The Morgan fingerprint density at radius 2 is 1.96 bits per heavy atom. The Kier molecular flexibility index (Phi) is 4.83. The van der Waals surface area contributed by atoms with E-state index in [1.807, 2.05) is 11.0 Å². The quantitative estimate of drug-likeness (QED) is 0.777. The number of esters is 1. The van der Waals surface area contributed by atoms with Crippen LogP contribution in [0.4, 0.5) is 19.0 Å². The summed E-state index contributed by atoms with van der Waals surface area (Å²) in [5.74, 6) is -0.948. The van der Waals surface area contributed by atoms with Gasteiger partial charge in [0.25, 0.3) is 0 Å². The third-order valence-electron chi connectivity index (χ3n) is 4.47. The molecule has 1 aromatic heterocycles. The molecule has 3 rings (SSSR count). The molecule has 0 aliphatic carbocycles. The number of piperidine rings is 1. The Morgan fingerprint density at radius 3 is 2.60 bits per heavy atom. The summed E-state index contributed by atoms with van der Waals surface area (Å²) in [5, 5.41) is 0.791. The van der Waals surface area contributed by atoms with E-state index in [0.717, 1.165) is 5.39 Å². The molecule has 0 atom stereocenters. The van der Waals surface area contributed by atoms with Crippen molar-refractivity contribution in [1.82, 2.24) is 4.98 Å². The molecule has 25 heavy (non-hydrogen) atoms. The van der Waals surface area contributed by atoms with E-state index >= 15 is 0 Å². The molecule has 1 aliphatic heterocycles. The molecule has 0 saturated carbocycles. The molecular weight excluding hydrogens is 333 g/mol. The number of aromatic nitrogens is 1. The number of fused-ring (bicyclic) bond motifs is 1. The topological polar surface area (TPSA) is 42.4 Å². The molecule has 0 radical (unpaired) electrons. The van der Waals surface area contributed by atoms with E-state index in [1.165, 1.54) is 0 Å². The van der Waals surface area contributed by atoms with Crippen molar-refractivity contribution in [3.8, 4) is 0 Å². The number of nitrogens with zero attached hydrogens (tertiary/aromatic N) is 2. The first-order valence-corrected chi connectivity index (χ1v) is 8.28. The number of ether oxygens (including phenoxy) is 1. The van der Waals surface area contributed by atoms with Gasteiger partial charge in [0.2, 0.25) is 0 Å². The summed E-state index contributed by atoms with van der Waals surface area (Å²) in [6.45, 7) is 2.73. The van der Waals surface area contributed by atoms with Gasteiger partial charge in [-0.15, -0.1) is 0 Å². The van der Waals surface area contributed by atoms with Crippen molar-refractivity contribution < 1.29 is 22.7 Å². The van der Waals surface area contributed by atoms with Crippen molar-refractivity contribution in [2.24, 2.45) is 5.92 Å². The Labute approximate surface area is 143 Å². The van der Waals surface area contributed by atoms with Crippen LogP contribution in [0.5, 0.6) is 0 Å². The van der Waals surface area contributed by atoms with Crippen molar-refractivity contribution in [2.45, 2.75) is 25.9 Å². The van der Waals surface area contributed by atoms with Crippen LogP contribution in [-0.4, -0.2) is 36.8 Å². The number of hydrogen-bond donors (Lipinski definition) is 0. The highest BCUT2D eigenvalue weighted by atomic mass is 19.4. The van der Waals surface area contributed by atoms with E-state index in [-0.39, 0.29) is 18.8 Å². The Morgan fingerprint density at radius 1 is 1.24 bits per heavy atom. The lowest BCUT2D eigenvalue weighted by atomic mass is 9.96. The highest BCUT2D eigenvalue weighted by molar-refractivity contribution is 5.94. The third kappa shape index (κ3) is 3.86. The molecule has 0 bridgehead atoms. The van der Waals surface area contributed by atoms with Crippen LogP contribution >= 0.6 is 0 Å². The predicted molar refractivity (Wildman–Crippen MR) is 88.7 cm³/mol. The van der Waals surface area contributed by atoms with Crippen LogP contribution in [0.2, 0.25) is 0 Å². The zero-order valence-electron chi connectivity index (χ0n) is 13.8. The summed E-state index contributed by atoms with van der Waals surface area (Å²) in [4.78, 5) is 18.2. The minimum absolute atomic E-state index is 0.0883. The molecule has 2 heterocycles. The van der Waals surface area contributed by atoms with Gasteiger partial charge in [0.05, 0.1) is 23.6 Å². The van der Waals surface area contributed by atoms with Gasteiger partial charge in [-0.25, -0.2) is 9.78 Å². The van der Waals surface area contributed by atoms with Crippen molar-refractivity contribution in [3.05, 3.63) is 35.9 Å². The van der Waals surface area contributed by atoms with Crippen molar-refractivity contribution in [3.63, 3.8) is 0 Å². The van der Waals surface area contributed by atoms with Crippen LogP contribution in [0.15, 0.2) is 30.3 Å². The molecule has 0 unspecified atom stereocenters. The molecule has 2 aromatic rings. The number of carbonyl (C=O) groups excluding carboxylic acids is 1. The van der Waals surface area contributed by atoms with Crippen molar-refractivity contribution >= 4 is 22.7 Å². The lowest BCUT2D eigenvalue weighted by molar-refractivity contribution is -0.179. The van der Waals surface area contributed by atoms with E-state index in [9.17, 15) is 18.0 Å². The summed E-state index contributed by atoms with van der Waals surface area (Å²) in [6.07, 6.45) is -3.94. The molecule has 1 aliphatic rings. The molecule has 0 amide bonds. The molecule has 134 valence electrons. The number of benzene rings is 1. The van der Waals surface area contributed by atoms with Gasteiger partial charge < -0.3 is 9.64 Å². The van der Waals surface area contributed by atoms with Crippen molar-refractivity contribution in [1.29, 1.82) is 0 Å². The summed E-state index contributed by atoms with van der Waals surface area (Å²) < 4.78 is 43.3. The van der Waals surface area contributed by atoms with Crippen LogP contribution in [0.25, 0.3) is 10.9 Å². The molecule has 7 heteroatoms. The summed E-state index contributed by atoms with van der Waals surface area (Å²) >= 11 is 0. The monoisotopic (exact) mass is 352 g/mol. The average Bonchev–Trinajstić information content (AvgIpc) is 2.60. The Balaban J connectivity index is 1.76. The SMILES string of the molecule is CCOC(=O)c1ccc2nc(N3CCC(C(F)(F)F)CC3)ccc2c1. The maximum absolute atomic E-state index is 12.8. The maximum Gasteiger partial charge on any atom is 0.391 e. The number of pyridine rings is 1. The second-order valence-corrected chi connectivity index (χ2v) is 6.10. The fourth-order valence-corrected chi connectivity index (χ4v) is 3.07. The first-order valence-electron chi connectivity index (χ1n) is 8.28. The minimum Gasteiger partial charge on any atom is -0.462 e. The molecule has 0 spiro atoms. The Bertz CT molecular complexity index is 768. The first-order chi connectivity index (χ1) is 11.9. The molecule has 1 saturated heterocycles. The lowest BCUT2D eigenvalue weighted by Gasteiger charge is -2.33. The van der Waals surface area contributed by atoms with Gasteiger partial charge in [0.15, 0.2) is 0 Å². The van der Waals surface area contributed by atoms with Gasteiger partial charge >= 0.3 is 12.1 Å². The van der Waals surface area contributed by atoms with E-state index < -0.39 is 12.1 Å². The number of halogens is 3. The van der Waals surface area contributed by atoms with E-state index in [1.54, 1.807) is 31.2 Å². The fraction of sp³-hybridized carbons (Fsp3) is 0.444. The van der Waals surface area contributed by atoms with Gasteiger partial charge in [-0.3, -0.25) is 0 Å². The minimum atomic E-state index is -4.12. The predicted octanol–water partition coefficient (Wildman–Crippen LogP) is 4.19.